The summed E-state index contributed by atoms with van der Waals surface area (Å²) in [5.41, 5.74) is 0. The van der Waals surface area contributed by atoms with Crippen molar-refractivity contribution in [1.82, 2.24) is 0 Å². The predicted octanol–water partition coefficient (Wildman–Crippen LogP) is 1.13. The smallest absolute Gasteiger partial charge is 0.329 e. The molecule has 0 bridgehead atoms. The predicted molar refractivity (Wildman–Crippen MR) is 72.7 cm³/mol. The summed E-state index contributed by atoms with van der Waals surface area (Å²) in [6, 6.07) is 0. The molecule has 0 saturated heterocycles. The second kappa shape index (κ2) is 21.6. The second-order valence-electron chi connectivity index (χ2n) is 3.13. The number of rotatable bonds is 7. The van der Waals surface area contributed by atoms with Crippen LogP contribution < -0.4 is 0 Å². The van der Waals surface area contributed by atoms with E-state index in [0.717, 1.165) is 37.8 Å². The number of carbonyl (C=O) groups excluding carboxylic acids is 1. The van der Waals surface area contributed by atoms with Crippen LogP contribution in [-0.2, 0) is 14.3 Å². The quantitative estimate of drug-likeness (QED) is 0.366. The minimum absolute atomic E-state index is 0.283. The summed E-state index contributed by atoms with van der Waals surface area (Å²) in [6.45, 7) is 6.68. The topological polar surface area (TPSA) is 104 Å². The molecule has 0 radical (unpaired) electrons. The van der Waals surface area contributed by atoms with Gasteiger partial charge in [-0.25, -0.2) is 9.59 Å². The minimum atomic E-state index is -0.981. The van der Waals surface area contributed by atoms with Crippen LogP contribution in [0.2, 0.25) is 0 Å². The molecule has 6 nitrogen and oxygen atoms in total. The van der Waals surface area contributed by atoms with Crippen LogP contribution >= 0.6 is 0 Å². The molecule has 0 amide bonds. The Hall–Kier alpha value is -1.66. The van der Waals surface area contributed by atoms with Gasteiger partial charge in [0, 0.05) is 25.4 Å². The summed E-state index contributed by atoms with van der Waals surface area (Å²) < 4.78 is 4.14. The lowest BCUT2D eigenvalue weighted by Gasteiger charge is -1.93. The van der Waals surface area contributed by atoms with E-state index >= 15 is 0 Å². The van der Waals surface area contributed by atoms with Crippen LogP contribution in [0.25, 0.3) is 0 Å². The zero-order chi connectivity index (χ0) is 15.5. The number of hydrogen-bond acceptors (Lipinski definition) is 5. The lowest BCUT2D eigenvalue weighted by atomic mass is 10.2. The third-order valence-electron chi connectivity index (χ3n) is 1.61. The lowest BCUT2D eigenvalue weighted by molar-refractivity contribution is -0.135. The van der Waals surface area contributed by atoms with E-state index in [2.05, 4.69) is 17.9 Å². The first-order chi connectivity index (χ1) is 8.99. The summed E-state index contributed by atoms with van der Waals surface area (Å²) in [4.78, 5) is 19.1. The fourth-order valence-corrected chi connectivity index (χ4v) is 0.660. The van der Waals surface area contributed by atoms with Crippen molar-refractivity contribution >= 4 is 11.9 Å². The molecule has 0 unspecified atom stereocenters. The van der Waals surface area contributed by atoms with Gasteiger partial charge >= 0.3 is 11.9 Å². The number of aliphatic carboxylic acids is 1. The summed E-state index contributed by atoms with van der Waals surface area (Å²) in [6.07, 6.45) is 5.77. The van der Waals surface area contributed by atoms with E-state index in [1.807, 2.05) is 0 Å². The number of methoxy groups -OCH3 is 1. The number of carboxylic acid groups (broad SMARTS) is 1. The van der Waals surface area contributed by atoms with E-state index in [9.17, 15) is 9.59 Å². The van der Waals surface area contributed by atoms with Crippen molar-refractivity contribution in [2.45, 2.75) is 25.7 Å². The fraction of sp³-hybridized carbons (Fsp3) is 0.538. The Balaban J connectivity index is -0.000000209. The van der Waals surface area contributed by atoms with Crippen molar-refractivity contribution in [3.63, 3.8) is 0 Å². The SMILES string of the molecule is C=CC(=O)O.C=CC(=O)OC.OCCCCCCO. The van der Waals surface area contributed by atoms with E-state index in [4.69, 9.17) is 15.3 Å². The van der Waals surface area contributed by atoms with Crippen LogP contribution in [0.1, 0.15) is 25.7 Å². The molecular formula is C13H24O6. The van der Waals surface area contributed by atoms with E-state index in [0.29, 0.717) is 0 Å². The van der Waals surface area contributed by atoms with E-state index in [1.165, 1.54) is 7.11 Å². The number of aliphatic hydroxyl groups is 2. The highest BCUT2D eigenvalue weighted by atomic mass is 16.5. The molecule has 3 N–H and O–H groups in total. The lowest BCUT2D eigenvalue weighted by Crippen LogP contribution is -1.91. The Kier molecular flexibility index (Phi) is 25.6. The Morgan fingerprint density at radius 1 is 1.00 bits per heavy atom. The van der Waals surface area contributed by atoms with Crippen LogP contribution in [0.4, 0.5) is 0 Å². The molecular weight excluding hydrogens is 252 g/mol. The summed E-state index contributed by atoms with van der Waals surface area (Å²) in [7, 11) is 1.31. The van der Waals surface area contributed by atoms with Gasteiger partial charge in [-0.1, -0.05) is 26.0 Å². The molecule has 0 atom stereocenters. The van der Waals surface area contributed by atoms with Crippen molar-refractivity contribution in [2.75, 3.05) is 20.3 Å². The van der Waals surface area contributed by atoms with Crippen molar-refractivity contribution in [3.8, 4) is 0 Å². The number of aliphatic hydroxyl groups excluding tert-OH is 2. The maximum absolute atomic E-state index is 9.84. The van der Waals surface area contributed by atoms with Crippen molar-refractivity contribution in [2.24, 2.45) is 0 Å². The molecule has 0 aromatic rings. The number of ether oxygens (including phenoxy) is 1. The summed E-state index contributed by atoms with van der Waals surface area (Å²) in [5, 5.41) is 24.2. The number of carboxylic acids is 1. The Morgan fingerprint density at radius 3 is 1.47 bits per heavy atom. The highest BCUT2D eigenvalue weighted by Crippen LogP contribution is 1.96. The number of unbranched alkanes of at least 4 members (excludes halogenated alkanes) is 3. The number of esters is 1. The van der Waals surface area contributed by atoms with Gasteiger partial charge < -0.3 is 20.1 Å². The Bertz CT molecular complexity index is 231. The zero-order valence-electron chi connectivity index (χ0n) is 11.4. The molecule has 0 rings (SSSR count). The molecule has 0 heterocycles. The second-order valence-corrected chi connectivity index (χ2v) is 3.13. The van der Waals surface area contributed by atoms with Crippen LogP contribution in [-0.4, -0.2) is 47.6 Å². The van der Waals surface area contributed by atoms with Crippen LogP contribution in [0.5, 0.6) is 0 Å². The van der Waals surface area contributed by atoms with Gasteiger partial charge in [-0.3, -0.25) is 0 Å². The Labute approximate surface area is 114 Å². The molecule has 0 aliphatic heterocycles. The van der Waals surface area contributed by atoms with Gasteiger partial charge in [0.25, 0.3) is 0 Å². The van der Waals surface area contributed by atoms with Gasteiger partial charge in [0.2, 0.25) is 0 Å². The van der Waals surface area contributed by atoms with E-state index < -0.39 is 11.9 Å². The maximum atomic E-state index is 9.84. The van der Waals surface area contributed by atoms with Crippen LogP contribution in [0.15, 0.2) is 25.3 Å². The first-order valence-electron chi connectivity index (χ1n) is 5.77. The molecule has 112 valence electrons. The molecule has 6 heteroatoms. The molecule has 0 aliphatic carbocycles. The average molecular weight is 276 g/mol. The van der Waals surface area contributed by atoms with Crippen molar-refractivity contribution in [3.05, 3.63) is 25.3 Å². The molecule has 0 aliphatic rings. The zero-order valence-corrected chi connectivity index (χ0v) is 11.4. The van der Waals surface area contributed by atoms with Crippen molar-refractivity contribution < 1.29 is 29.6 Å². The van der Waals surface area contributed by atoms with Gasteiger partial charge in [-0.2, -0.15) is 0 Å². The summed E-state index contributed by atoms with van der Waals surface area (Å²) in [5.74, 6) is -1.37. The fourth-order valence-electron chi connectivity index (χ4n) is 0.660. The van der Waals surface area contributed by atoms with Gasteiger partial charge in [0.05, 0.1) is 7.11 Å². The molecule has 19 heavy (non-hydrogen) atoms. The molecule has 0 saturated carbocycles. The van der Waals surface area contributed by atoms with E-state index in [1.54, 1.807) is 0 Å². The minimum Gasteiger partial charge on any atom is -0.478 e. The van der Waals surface area contributed by atoms with Gasteiger partial charge in [-0.05, 0) is 12.8 Å². The van der Waals surface area contributed by atoms with Gasteiger partial charge in [-0.15, -0.1) is 0 Å². The van der Waals surface area contributed by atoms with Gasteiger partial charge in [0.15, 0.2) is 0 Å². The highest BCUT2D eigenvalue weighted by molar-refractivity contribution is 5.80. The third kappa shape index (κ3) is 38.5. The van der Waals surface area contributed by atoms with Crippen LogP contribution in [0, 0.1) is 0 Å². The normalized spacial score (nSPS) is 7.95. The Morgan fingerprint density at radius 2 is 1.37 bits per heavy atom. The maximum Gasteiger partial charge on any atom is 0.329 e. The largest absolute Gasteiger partial charge is 0.478 e. The average Bonchev–Trinajstić information content (AvgIpc) is 2.44. The first kappa shape index (κ1) is 22.5. The standard InChI is InChI=1S/C6H14O2.C4H6O2.C3H4O2/c7-5-3-1-2-4-6-8;1-3-4(5)6-2;1-2-3(4)5/h7-8H,1-6H2;3H,1H2,2H3;2H,1H2,(H,4,5). The first-order valence-corrected chi connectivity index (χ1v) is 5.77. The van der Waals surface area contributed by atoms with Crippen molar-refractivity contribution in [1.29, 1.82) is 0 Å². The number of carbonyl (C=O) groups is 2. The number of hydrogen-bond donors (Lipinski definition) is 3. The molecule has 0 aromatic carbocycles. The molecule has 0 fully saturated rings. The third-order valence-corrected chi connectivity index (χ3v) is 1.61. The van der Waals surface area contributed by atoms with Crippen LogP contribution in [0.3, 0.4) is 0 Å². The highest BCUT2D eigenvalue weighted by Gasteiger charge is 1.84. The van der Waals surface area contributed by atoms with Gasteiger partial charge in [0.1, 0.15) is 0 Å². The monoisotopic (exact) mass is 276 g/mol. The molecule has 0 aromatic heterocycles. The summed E-state index contributed by atoms with van der Waals surface area (Å²) >= 11 is 0. The molecule has 0 spiro atoms. The van der Waals surface area contributed by atoms with E-state index in [-0.39, 0.29) is 13.2 Å².